The zero-order valence-electron chi connectivity index (χ0n) is 56.6. The van der Waals surface area contributed by atoms with Gasteiger partial charge in [0.2, 0.25) is 10.0 Å². The Morgan fingerprint density at radius 1 is 0.828 bits per heavy atom. The Morgan fingerprint density at radius 3 is 2.14 bits per heavy atom. The molecular formula is C65H101N5O22S. The van der Waals surface area contributed by atoms with E-state index in [1.165, 1.54) is 40.4 Å². The lowest BCUT2D eigenvalue weighted by Gasteiger charge is -2.45. The summed E-state index contributed by atoms with van der Waals surface area (Å²) in [4.78, 5) is 77.8. The Hall–Kier alpha value is -5.34. The first kappa shape index (κ1) is 76.7. The molecule has 0 bridgehead atoms. The minimum Gasteiger partial charge on any atom is -0.461 e. The third-order valence-electron chi connectivity index (χ3n) is 18.1. The quantitative estimate of drug-likeness (QED) is 0.0401. The molecule has 2 unspecified atom stereocenters. The molecule has 4 aliphatic rings. The van der Waals surface area contributed by atoms with Crippen LogP contribution >= 0.6 is 0 Å². The Morgan fingerprint density at radius 2 is 1.49 bits per heavy atom. The molecule has 4 aliphatic heterocycles. The van der Waals surface area contributed by atoms with Gasteiger partial charge in [-0.25, -0.2) is 17.9 Å². The van der Waals surface area contributed by atoms with Crippen molar-refractivity contribution in [3.8, 4) is 0 Å². The monoisotopic (exact) mass is 1340 g/mol. The highest BCUT2D eigenvalue weighted by molar-refractivity contribution is 7.89. The van der Waals surface area contributed by atoms with Crippen LogP contribution in [0, 0.1) is 51.5 Å². The number of para-hydroxylation sites is 1. The van der Waals surface area contributed by atoms with E-state index >= 15 is 9.59 Å². The van der Waals surface area contributed by atoms with Crippen LogP contribution in [0.3, 0.4) is 0 Å². The van der Waals surface area contributed by atoms with Gasteiger partial charge >= 0.3 is 18.0 Å². The Balaban J connectivity index is 1.47. The first-order chi connectivity index (χ1) is 43.8. The number of ether oxygens (including phenoxy) is 11. The number of Topliss-reactive ketones (excluding diaryl/α,β-unsaturated/α-hetero) is 1. The van der Waals surface area contributed by atoms with E-state index in [9.17, 15) is 38.3 Å². The van der Waals surface area contributed by atoms with Crippen molar-refractivity contribution in [1.29, 1.82) is 0 Å². The SMILES string of the molecule is CO/N=C1\C[C@@H](C)O[C@@H](O[C@@H]2[C@@H](C)[C@H](O[C@H]3CC(C)N(CCNS(=O)(=O)c4ccccc4[N+](=O)[O-])C[C@H](C)O3)[C@@H](C)C(=O)O[C@H](C(C)CO[C@@H]3O[C@H](C)[C@@H](O)[C@@H](OC)[C@H]3OC)[C@H](C)[C@@H](OC(=O)CC(C)C)[C@@H](C)C(=O)[C@@](C)(OC(=O)NCc3ccccc3)C[C@@H]2C)[C@@H]1O. The number of nitrogens with one attached hydrogen (secondary N) is 2. The zero-order chi connectivity index (χ0) is 68.8. The maximum Gasteiger partial charge on any atom is 0.408 e. The summed E-state index contributed by atoms with van der Waals surface area (Å²) < 4.78 is 100. The number of rotatable bonds is 23. The molecule has 0 radical (unpaired) electrons. The summed E-state index contributed by atoms with van der Waals surface area (Å²) in [5.74, 6) is -8.32. The van der Waals surface area contributed by atoms with Gasteiger partial charge in [0.15, 0.2) is 35.1 Å². The lowest BCUT2D eigenvalue weighted by Crippen LogP contribution is -2.59. The number of nitrogens with zero attached hydrogens (tertiary/aromatic N) is 3. The fourth-order valence-corrected chi connectivity index (χ4v) is 14.4. The van der Waals surface area contributed by atoms with Crippen molar-refractivity contribution in [3.63, 3.8) is 0 Å². The number of carbonyl (C=O) groups excluding carboxylic acids is 4. The molecule has 0 saturated carbocycles. The molecule has 27 nitrogen and oxygen atoms in total. The van der Waals surface area contributed by atoms with Gasteiger partial charge in [-0.1, -0.05) is 96.1 Å². The fraction of sp³-hybridized carbons (Fsp3) is 0.738. The Kier molecular flexibility index (Phi) is 28.5. The fourth-order valence-electron chi connectivity index (χ4n) is 13.2. The third-order valence-corrected chi connectivity index (χ3v) is 19.6. The van der Waals surface area contributed by atoms with Crippen molar-refractivity contribution in [1.82, 2.24) is 14.9 Å². The minimum atomic E-state index is -4.32. The second kappa shape index (κ2) is 34.6. The van der Waals surface area contributed by atoms with Crippen molar-refractivity contribution in [3.05, 3.63) is 70.3 Å². The normalized spacial score (nSPS) is 35.4. The minimum absolute atomic E-state index is 0.0371. The number of nitro benzene ring substituents is 1. The summed E-state index contributed by atoms with van der Waals surface area (Å²) in [6, 6.07) is 13.8. The number of hydrogen-bond acceptors (Lipinski definition) is 24. The summed E-state index contributed by atoms with van der Waals surface area (Å²) in [7, 11) is -0.125. The summed E-state index contributed by atoms with van der Waals surface area (Å²) in [5.41, 5.74) is -1.65. The molecule has 0 aromatic heterocycles. The molecule has 6 rings (SSSR count). The standard InChI is InChI=1S/C65H101N5O22S/c1-35(2)28-50(71)88-56-42(9)55(37(4)34-84-63-59(82-15)58(81-14)52(72)45(12)87-63)90-61(75)44(11)57(89-51-29-38(5)69(33-40(7)85-51)27-26-67-93(79,80)49-25-21-20-24-48(49)70(77)78)41(8)54(91-62-53(73)47(68-83-16)30-39(6)86-62)36(3)31-65(13,60(74)43(56)10)92-64(76)66-32-46-22-18-17-19-23-46/h17-25,35-45,51-59,62-63,67,72-73H,26-34H2,1-16H3,(H,66,76)/b68-47+/t36-,37?,38?,39+,40-,41+,42-,43+,44+,45+,51-,52+,53+,54-,55+,56+,57-,58+,59+,62-,63+,65-/m0/s1. The van der Waals surface area contributed by atoms with Crippen molar-refractivity contribution < 1.29 is 99.7 Å². The third kappa shape index (κ3) is 20.1. The first-order valence-corrected chi connectivity index (χ1v) is 33.7. The second-order valence-corrected chi connectivity index (χ2v) is 27.9. The molecule has 4 fully saturated rings. The number of ketones is 1. The molecule has 93 heavy (non-hydrogen) atoms. The first-order valence-electron chi connectivity index (χ1n) is 32.2. The largest absolute Gasteiger partial charge is 0.461 e. The summed E-state index contributed by atoms with van der Waals surface area (Å²) in [6.45, 7) is 22.7. The summed E-state index contributed by atoms with van der Waals surface area (Å²) in [6.07, 6.45) is -15.7. The van der Waals surface area contributed by atoms with Gasteiger partial charge in [0.25, 0.3) is 5.69 Å². The van der Waals surface area contributed by atoms with Gasteiger partial charge in [-0.2, -0.15) is 0 Å². The molecular weight excluding hydrogens is 1230 g/mol. The van der Waals surface area contributed by atoms with Gasteiger partial charge in [0, 0.05) is 89.5 Å². The van der Waals surface area contributed by atoms with Crippen LogP contribution in [0.2, 0.25) is 0 Å². The number of hydrogen-bond donors (Lipinski definition) is 4. The Bertz CT molecular complexity index is 2910. The molecule has 2 aromatic rings. The molecule has 0 aliphatic carbocycles. The molecule has 4 heterocycles. The number of nitro groups is 1. The van der Waals surface area contributed by atoms with Gasteiger partial charge in [0.1, 0.15) is 43.7 Å². The van der Waals surface area contributed by atoms with Crippen LogP contribution in [0.4, 0.5) is 10.5 Å². The number of oxime groups is 1. The molecule has 524 valence electrons. The van der Waals surface area contributed by atoms with Gasteiger partial charge < -0.3 is 72.5 Å². The van der Waals surface area contributed by atoms with Gasteiger partial charge in [-0.15, -0.1) is 0 Å². The van der Waals surface area contributed by atoms with Crippen LogP contribution in [-0.2, 0) is 87.9 Å². The number of aliphatic hydroxyl groups excluding tert-OH is 2. The number of benzene rings is 2. The van der Waals surface area contributed by atoms with Crippen molar-refractivity contribution in [2.24, 2.45) is 46.6 Å². The predicted octanol–water partition coefficient (Wildman–Crippen LogP) is 6.46. The second-order valence-electron chi connectivity index (χ2n) is 26.2. The van der Waals surface area contributed by atoms with Crippen LogP contribution in [0.25, 0.3) is 0 Å². The van der Waals surface area contributed by atoms with Crippen LogP contribution in [0.1, 0.15) is 121 Å². The predicted molar refractivity (Wildman–Crippen MR) is 337 cm³/mol. The lowest BCUT2D eigenvalue weighted by molar-refractivity contribution is -0.387. The molecule has 1 amide bonds. The lowest BCUT2D eigenvalue weighted by atomic mass is 9.74. The van der Waals surface area contributed by atoms with E-state index in [-0.39, 0.29) is 76.1 Å². The average molecular weight is 1340 g/mol. The molecule has 28 heteroatoms. The van der Waals surface area contributed by atoms with Crippen LogP contribution in [0.15, 0.2) is 64.6 Å². The average Bonchev–Trinajstić information content (AvgIpc) is 1.45. The molecule has 22 atom stereocenters. The van der Waals surface area contributed by atoms with Crippen molar-refractivity contribution >= 4 is 45.2 Å². The van der Waals surface area contributed by atoms with Gasteiger partial charge in [0.05, 0.1) is 59.6 Å². The van der Waals surface area contributed by atoms with E-state index in [0.717, 1.165) is 17.7 Å². The molecule has 2 aromatic carbocycles. The van der Waals surface area contributed by atoms with Crippen LogP contribution in [-0.4, -0.2) is 203 Å². The number of sulfonamides is 1. The highest BCUT2D eigenvalue weighted by Gasteiger charge is 2.53. The number of methoxy groups -OCH3 is 2. The van der Waals surface area contributed by atoms with E-state index in [0.29, 0.717) is 0 Å². The smallest absolute Gasteiger partial charge is 0.408 e. The van der Waals surface area contributed by atoms with E-state index in [2.05, 4.69) is 15.2 Å². The van der Waals surface area contributed by atoms with E-state index in [1.54, 1.807) is 55.4 Å². The maximum atomic E-state index is 16.0. The van der Waals surface area contributed by atoms with Crippen LogP contribution in [0.5, 0.6) is 0 Å². The number of cyclic esters (lactones) is 1. The van der Waals surface area contributed by atoms with E-state index < -0.39 is 176 Å². The highest BCUT2D eigenvalue weighted by Crippen LogP contribution is 2.41. The highest BCUT2D eigenvalue weighted by atomic mass is 32.2. The molecule has 4 saturated heterocycles. The Labute approximate surface area is 547 Å². The molecule has 4 N–H and O–H groups in total. The number of alkyl carbamates (subject to hydrolysis) is 1. The van der Waals surface area contributed by atoms with E-state index in [4.69, 9.17) is 56.9 Å². The molecule has 0 spiro atoms. The number of amides is 1. The van der Waals surface area contributed by atoms with Crippen molar-refractivity contribution in [2.45, 2.75) is 225 Å². The number of esters is 2. The summed E-state index contributed by atoms with van der Waals surface area (Å²) >= 11 is 0. The number of aliphatic hydroxyl groups is 2. The van der Waals surface area contributed by atoms with Gasteiger partial charge in [-0.3, -0.25) is 29.4 Å². The van der Waals surface area contributed by atoms with Gasteiger partial charge in [-0.05, 0) is 71.4 Å². The number of carbonyl (C=O) groups is 4. The van der Waals surface area contributed by atoms with E-state index in [1.807, 2.05) is 62.9 Å². The summed E-state index contributed by atoms with van der Waals surface area (Å²) in [5, 5.41) is 41.6. The topological polar surface area (TPSA) is 336 Å². The van der Waals surface area contributed by atoms with Crippen LogP contribution < -0.4 is 10.0 Å². The maximum absolute atomic E-state index is 16.0. The van der Waals surface area contributed by atoms with Crippen molar-refractivity contribution in [2.75, 3.05) is 47.6 Å². The zero-order valence-corrected chi connectivity index (χ0v) is 57.4.